The molecule has 2 N–H and O–H groups in total. The Bertz CT molecular complexity index is 800. The highest BCUT2D eigenvalue weighted by atomic mass is 16.5. The summed E-state index contributed by atoms with van der Waals surface area (Å²) in [5.74, 6) is 1.47. The summed E-state index contributed by atoms with van der Waals surface area (Å²) in [7, 11) is 1.57. The van der Waals surface area contributed by atoms with Gasteiger partial charge in [-0.05, 0) is 48.1 Å². The van der Waals surface area contributed by atoms with Crippen LogP contribution in [0.4, 0.5) is 0 Å². The molecule has 0 radical (unpaired) electrons. The minimum Gasteiger partial charge on any atom is -0.493 e. The fourth-order valence-corrected chi connectivity index (χ4v) is 3.62. The van der Waals surface area contributed by atoms with E-state index in [-0.39, 0.29) is 24.0 Å². The SMILES string of the molecule is COc1ccc([C@H](NC(=O)c2ccc3c(c2)CCO3)C2CC(O)C2)cn1. The molecule has 1 amide bonds. The second-order valence-corrected chi connectivity index (χ2v) is 6.89. The fraction of sp³-hybridized carbons (Fsp3) is 0.400. The number of hydrogen-bond acceptors (Lipinski definition) is 5. The highest BCUT2D eigenvalue weighted by Crippen LogP contribution is 2.38. The van der Waals surface area contributed by atoms with Gasteiger partial charge in [0.1, 0.15) is 5.75 Å². The Balaban J connectivity index is 1.55. The van der Waals surface area contributed by atoms with Crippen LogP contribution in [0.15, 0.2) is 36.5 Å². The zero-order valence-electron chi connectivity index (χ0n) is 14.6. The van der Waals surface area contributed by atoms with Gasteiger partial charge in [-0.3, -0.25) is 4.79 Å². The van der Waals surface area contributed by atoms with E-state index >= 15 is 0 Å². The van der Waals surface area contributed by atoms with Gasteiger partial charge in [-0.25, -0.2) is 4.98 Å². The third-order valence-electron chi connectivity index (χ3n) is 5.19. The number of methoxy groups -OCH3 is 1. The number of aromatic nitrogens is 1. The number of aliphatic hydroxyl groups excluding tert-OH is 1. The quantitative estimate of drug-likeness (QED) is 0.861. The molecule has 136 valence electrons. The number of ether oxygens (including phenoxy) is 2. The van der Waals surface area contributed by atoms with Crippen molar-refractivity contribution in [3.63, 3.8) is 0 Å². The Labute approximate surface area is 152 Å². The lowest BCUT2D eigenvalue weighted by atomic mass is 9.75. The van der Waals surface area contributed by atoms with E-state index in [9.17, 15) is 9.90 Å². The second-order valence-electron chi connectivity index (χ2n) is 6.89. The summed E-state index contributed by atoms with van der Waals surface area (Å²) in [6, 6.07) is 9.06. The van der Waals surface area contributed by atoms with Crippen molar-refractivity contribution in [3.05, 3.63) is 53.2 Å². The Hall–Kier alpha value is -2.60. The van der Waals surface area contributed by atoms with E-state index < -0.39 is 0 Å². The van der Waals surface area contributed by atoms with Gasteiger partial charge in [-0.2, -0.15) is 0 Å². The monoisotopic (exact) mass is 354 g/mol. The first-order valence-electron chi connectivity index (χ1n) is 8.88. The number of rotatable bonds is 5. The summed E-state index contributed by atoms with van der Waals surface area (Å²) < 4.78 is 10.6. The van der Waals surface area contributed by atoms with E-state index in [4.69, 9.17) is 9.47 Å². The molecule has 0 unspecified atom stereocenters. The Morgan fingerprint density at radius 2 is 2.19 bits per heavy atom. The minimum absolute atomic E-state index is 0.123. The number of hydrogen-bond donors (Lipinski definition) is 2. The molecule has 26 heavy (non-hydrogen) atoms. The van der Waals surface area contributed by atoms with Gasteiger partial charge in [0.2, 0.25) is 5.88 Å². The number of carbonyl (C=O) groups is 1. The van der Waals surface area contributed by atoms with Crippen LogP contribution in [-0.4, -0.2) is 35.8 Å². The molecule has 2 heterocycles. The molecule has 6 heteroatoms. The molecular weight excluding hydrogens is 332 g/mol. The number of benzene rings is 1. The molecular formula is C20H22N2O4. The van der Waals surface area contributed by atoms with Crippen molar-refractivity contribution in [1.82, 2.24) is 10.3 Å². The predicted octanol–water partition coefficient (Wildman–Crippen LogP) is 2.27. The van der Waals surface area contributed by atoms with Gasteiger partial charge in [0, 0.05) is 24.2 Å². The van der Waals surface area contributed by atoms with Crippen LogP contribution in [0.1, 0.15) is 40.4 Å². The number of pyridine rings is 1. The number of carbonyl (C=O) groups excluding carboxylic acids is 1. The third kappa shape index (κ3) is 3.24. The fourth-order valence-electron chi connectivity index (χ4n) is 3.62. The molecule has 0 saturated heterocycles. The number of nitrogens with one attached hydrogen (secondary N) is 1. The van der Waals surface area contributed by atoms with Gasteiger partial charge in [-0.15, -0.1) is 0 Å². The van der Waals surface area contributed by atoms with Gasteiger partial charge >= 0.3 is 0 Å². The first-order chi connectivity index (χ1) is 12.6. The summed E-state index contributed by atoms with van der Waals surface area (Å²) in [6.45, 7) is 0.667. The standard InChI is InChI=1S/C20H22N2O4/c1-25-18-5-3-14(11-21-18)19(15-9-16(23)10-15)22-20(24)13-2-4-17-12(8-13)6-7-26-17/h2-5,8,11,15-16,19,23H,6-7,9-10H2,1H3,(H,22,24)/t15?,16?,19-/m0/s1. The maximum Gasteiger partial charge on any atom is 0.251 e. The van der Waals surface area contributed by atoms with Gasteiger partial charge in [0.15, 0.2) is 0 Å². The first-order valence-corrected chi connectivity index (χ1v) is 8.88. The zero-order chi connectivity index (χ0) is 18.1. The molecule has 1 aliphatic heterocycles. The zero-order valence-corrected chi connectivity index (χ0v) is 14.6. The van der Waals surface area contributed by atoms with Crippen LogP contribution < -0.4 is 14.8 Å². The molecule has 0 bridgehead atoms. The lowest BCUT2D eigenvalue weighted by molar-refractivity contribution is 0.0234. The Morgan fingerprint density at radius 1 is 1.35 bits per heavy atom. The highest BCUT2D eigenvalue weighted by molar-refractivity contribution is 5.95. The van der Waals surface area contributed by atoms with Gasteiger partial charge in [0.25, 0.3) is 5.91 Å². The number of amides is 1. The van der Waals surface area contributed by atoms with Crippen molar-refractivity contribution < 1.29 is 19.4 Å². The van der Waals surface area contributed by atoms with Gasteiger partial charge in [-0.1, -0.05) is 6.07 Å². The number of fused-ring (bicyclic) bond motifs is 1. The highest BCUT2D eigenvalue weighted by Gasteiger charge is 2.36. The van der Waals surface area contributed by atoms with Crippen molar-refractivity contribution >= 4 is 5.91 Å². The molecule has 1 fully saturated rings. The van der Waals surface area contributed by atoms with Crippen molar-refractivity contribution in [1.29, 1.82) is 0 Å². The second kappa shape index (κ2) is 6.96. The Morgan fingerprint density at radius 3 is 2.88 bits per heavy atom. The van der Waals surface area contributed by atoms with E-state index in [2.05, 4.69) is 10.3 Å². The van der Waals surface area contributed by atoms with Crippen LogP contribution in [0.5, 0.6) is 11.6 Å². The van der Waals surface area contributed by atoms with Crippen LogP contribution >= 0.6 is 0 Å². The lowest BCUT2D eigenvalue weighted by Crippen LogP contribution is -2.41. The summed E-state index contributed by atoms with van der Waals surface area (Å²) >= 11 is 0. The summed E-state index contributed by atoms with van der Waals surface area (Å²) in [5.41, 5.74) is 2.61. The average molecular weight is 354 g/mol. The summed E-state index contributed by atoms with van der Waals surface area (Å²) in [5, 5.41) is 12.8. The van der Waals surface area contributed by atoms with Gasteiger partial charge in [0.05, 0.1) is 25.9 Å². The average Bonchev–Trinajstić information content (AvgIpc) is 3.11. The molecule has 4 rings (SSSR count). The van der Waals surface area contributed by atoms with Crippen LogP contribution in [0, 0.1) is 5.92 Å². The first kappa shape index (κ1) is 16.8. The molecule has 1 saturated carbocycles. The third-order valence-corrected chi connectivity index (χ3v) is 5.19. The van der Waals surface area contributed by atoms with E-state index in [1.165, 1.54) is 0 Å². The van der Waals surface area contributed by atoms with Crippen LogP contribution in [0.3, 0.4) is 0 Å². The lowest BCUT2D eigenvalue weighted by Gasteiger charge is -2.38. The molecule has 0 spiro atoms. The van der Waals surface area contributed by atoms with Crippen molar-refractivity contribution in [3.8, 4) is 11.6 Å². The maximum absolute atomic E-state index is 12.8. The van der Waals surface area contributed by atoms with Crippen LogP contribution in [-0.2, 0) is 6.42 Å². The van der Waals surface area contributed by atoms with Crippen LogP contribution in [0.25, 0.3) is 0 Å². The van der Waals surface area contributed by atoms with Crippen LogP contribution in [0.2, 0.25) is 0 Å². The van der Waals surface area contributed by atoms with E-state index in [0.717, 1.165) is 23.3 Å². The number of nitrogens with zero attached hydrogens (tertiary/aromatic N) is 1. The maximum atomic E-state index is 12.8. The summed E-state index contributed by atoms with van der Waals surface area (Å²) in [4.78, 5) is 17.1. The summed E-state index contributed by atoms with van der Waals surface area (Å²) in [6.07, 6.45) is 3.62. The van der Waals surface area contributed by atoms with Crippen molar-refractivity contribution in [2.75, 3.05) is 13.7 Å². The molecule has 2 aromatic rings. The largest absolute Gasteiger partial charge is 0.493 e. The molecule has 1 aromatic heterocycles. The van der Waals surface area contributed by atoms with E-state index in [1.807, 2.05) is 18.2 Å². The molecule has 1 aromatic carbocycles. The van der Waals surface area contributed by atoms with E-state index in [0.29, 0.717) is 30.9 Å². The van der Waals surface area contributed by atoms with Crippen molar-refractivity contribution in [2.45, 2.75) is 31.4 Å². The van der Waals surface area contributed by atoms with E-state index in [1.54, 1.807) is 25.4 Å². The molecule has 1 aliphatic carbocycles. The topological polar surface area (TPSA) is 80.7 Å². The molecule has 1 atom stereocenters. The Kier molecular flexibility index (Phi) is 4.51. The van der Waals surface area contributed by atoms with Crippen molar-refractivity contribution in [2.24, 2.45) is 5.92 Å². The predicted molar refractivity (Wildman–Crippen MR) is 95.4 cm³/mol. The number of aliphatic hydroxyl groups is 1. The minimum atomic E-state index is -0.289. The normalized spacial score (nSPS) is 21.9. The molecule has 6 nitrogen and oxygen atoms in total. The smallest absolute Gasteiger partial charge is 0.251 e. The molecule has 2 aliphatic rings. The van der Waals surface area contributed by atoms with Gasteiger partial charge < -0.3 is 19.9 Å².